The molecule has 0 saturated heterocycles. The SMILES string of the molecule is C=O.CC(C)C(C)(C)Nc1ccc2c(c1)CCC2. The fraction of sp³-hybridized carbons (Fsp3) is 0.562. The van der Waals surface area contributed by atoms with Gasteiger partial charge in [0.15, 0.2) is 0 Å². The molecule has 0 heterocycles. The van der Waals surface area contributed by atoms with Crippen molar-refractivity contribution in [3.05, 3.63) is 29.3 Å². The number of benzene rings is 1. The highest BCUT2D eigenvalue weighted by atomic mass is 16.1. The van der Waals surface area contributed by atoms with Crippen LogP contribution in [0.2, 0.25) is 0 Å². The number of anilines is 1. The van der Waals surface area contributed by atoms with Crippen molar-refractivity contribution in [3.8, 4) is 0 Å². The molecule has 2 heteroatoms. The average molecular weight is 247 g/mol. The topological polar surface area (TPSA) is 29.1 Å². The number of hydrogen-bond acceptors (Lipinski definition) is 2. The van der Waals surface area contributed by atoms with Crippen LogP contribution in [-0.4, -0.2) is 12.3 Å². The lowest BCUT2D eigenvalue weighted by Gasteiger charge is -2.32. The Morgan fingerprint density at radius 2 is 1.78 bits per heavy atom. The van der Waals surface area contributed by atoms with Gasteiger partial charge in [-0.2, -0.15) is 0 Å². The zero-order valence-corrected chi connectivity index (χ0v) is 12.0. The Morgan fingerprint density at radius 3 is 2.39 bits per heavy atom. The minimum atomic E-state index is 0.160. The Labute approximate surface area is 111 Å². The number of carbonyl (C=O) groups is 1. The van der Waals surface area contributed by atoms with E-state index in [1.807, 2.05) is 6.79 Å². The maximum absolute atomic E-state index is 8.00. The van der Waals surface area contributed by atoms with Gasteiger partial charge >= 0.3 is 0 Å². The zero-order valence-electron chi connectivity index (χ0n) is 12.0. The first-order chi connectivity index (χ1) is 8.49. The van der Waals surface area contributed by atoms with Crippen molar-refractivity contribution >= 4 is 12.5 Å². The molecule has 2 nitrogen and oxygen atoms in total. The lowest BCUT2D eigenvalue weighted by molar-refractivity contribution is -0.0979. The molecule has 18 heavy (non-hydrogen) atoms. The molecule has 1 aromatic carbocycles. The van der Waals surface area contributed by atoms with Crippen molar-refractivity contribution in [2.45, 2.75) is 52.5 Å². The molecule has 0 aliphatic heterocycles. The normalized spacial score (nSPS) is 13.8. The molecule has 0 fully saturated rings. The van der Waals surface area contributed by atoms with Gasteiger partial charge in [-0.05, 0) is 62.3 Å². The van der Waals surface area contributed by atoms with Crippen LogP contribution in [0, 0.1) is 5.92 Å². The van der Waals surface area contributed by atoms with Crippen molar-refractivity contribution in [2.75, 3.05) is 5.32 Å². The Bertz CT molecular complexity index is 396. The van der Waals surface area contributed by atoms with Crippen LogP contribution in [0.4, 0.5) is 5.69 Å². The van der Waals surface area contributed by atoms with E-state index in [9.17, 15) is 0 Å². The van der Waals surface area contributed by atoms with Crippen molar-refractivity contribution in [2.24, 2.45) is 5.92 Å². The molecule has 1 aliphatic carbocycles. The average Bonchev–Trinajstić information content (AvgIpc) is 2.78. The van der Waals surface area contributed by atoms with Crippen molar-refractivity contribution in [1.82, 2.24) is 0 Å². The molecule has 0 bridgehead atoms. The minimum Gasteiger partial charge on any atom is -0.380 e. The standard InChI is InChI=1S/C15H23N.CH2O/c1-11(2)15(3,4)16-14-9-8-12-6-5-7-13(12)10-14;1-2/h8-11,16H,5-7H2,1-4H3;1H2. The molecule has 0 atom stereocenters. The second-order valence-corrected chi connectivity index (χ2v) is 5.84. The predicted octanol–water partition coefficient (Wildman–Crippen LogP) is 3.84. The summed E-state index contributed by atoms with van der Waals surface area (Å²) >= 11 is 0. The van der Waals surface area contributed by atoms with E-state index in [-0.39, 0.29) is 5.54 Å². The van der Waals surface area contributed by atoms with E-state index in [2.05, 4.69) is 51.2 Å². The van der Waals surface area contributed by atoms with Gasteiger partial charge in [-0.15, -0.1) is 0 Å². The molecule has 0 saturated carbocycles. The lowest BCUT2D eigenvalue weighted by Crippen LogP contribution is -2.36. The van der Waals surface area contributed by atoms with Crippen LogP contribution >= 0.6 is 0 Å². The van der Waals surface area contributed by atoms with E-state index in [1.54, 1.807) is 11.1 Å². The number of nitrogens with one attached hydrogen (secondary N) is 1. The summed E-state index contributed by atoms with van der Waals surface area (Å²) in [5.74, 6) is 0.626. The first-order valence-corrected chi connectivity index (χ1v) is 6.68. The third-order valence-electron chi connectivity index (χ3n) is 4.01. The number of fused-ring (bicyclic) bond motifs is 1. The van der Waals surface area contributed by atoms with Gasteiger partial charge in [0.05, 0.1) is 0 Å². The Balaban J connectivity index is 0.000000771. The minimum absolute atomic E-state index is 0.160. The molecule has 0 amide bonds. The summed E-state index contributed by atoms with van der Waals surface area (Å²) in [5.41, 5.74) is 4.53. The predicted molar refractivity (Wildman–Crippen MR) is 78.1 cm³/mol. The quantitative estimate of drug-likeness (QED) is 0.879. The van der Waals surface area contributed by atoms with Crippen molar-refractivity contribution in [3.63, 3.8) is 0 Å². The third kappa shape index (κ3) is 3.34. The van der Waals surface area contributed by atoms with Crippen molar-refractivity contribution < 1.29 is 4.79 Å². The summed E-state index contributed by atoms with van der Waals surface area (Å²) in [4.78, 5) is 8.00. The Kier molecular flexibility index (Phi) is 4.94. The number of aryl methyl sites for hydroxylation is 2. The fourth-order valence-corrected chi connectivity index (χ4v) is 2.17. The van der Waals surface area contributed by atoms with E-state index < -0.39 is 0 Å². The maximum atomic E-state index is 8.00. The van der Waals surface area contributed by atoms with E-state index >= 15 is 0 Å². The van der Waals surface area contributed by atoms with E-state index in [0.29, 0.717) is 5.92 Å². The van der Waals surface area contributed by atoms with E-state index in [0.717, 1.165) is 0 Å². The highest BCUT2D eigenvalue weighted by Crippen LogP contribution is 2.28. The van der Waals surface area contributed by atoms with Crippen molar-refractivity contribution in [1.29, 1.82) is 0 Å². The highest BCUT2D eigenvalue weighted by Gasteiger charge is 2.22. The van der Waals surface area contributed by atoms with Gasteiger partial charge in [-0.25, -0.2) is 0 Å². The molecular formula is C16H25NO. The Hall–Kier alpha value is -1.31. The summed E-state index contributed by atoms with van der Waals surface area (Å²) in [6.45, 7) is 11.1. The van der Waals surface area contributed by atoms with Crippen LogP contribution in [0.15, 0.2) is 18.2 Å². The molecule has 1 aromatic rings. The van der Waals surface area contributed by atoms with Gasteiger partial charge < -0.3 is 10.1 Å². The molecule has 1 N–H and O–H groups in total. The van der Waals surface area contributed by atoms with Crippen LogP contribution in [0.1, 0.15) is 45.2 Å². The molecule has 100 valence electrons. The van der Waals surface area contributed by atoms with Gasteiger partial charge in [0, 0.05) is 11.2 Å². The summed E-state index contributed by atoms with van der Waals surface area (Å²) in [6, 6.07) is 6.86. The second-order valence-electron chi connectivity index (χ2n) is 5.84. The second kappa shape index (κ2) is 6.03. The Morgan fingerprint density at radius 1 is 1.17 bits per heavy atom. The molecule has 0 unspecified atom stereocenters. The number of rotatable bonds is 3. The van der Waals surface area contributed by atoms with Crippen LogP contribution in [0.5, 0.6) is 0 Å². The van der Waals surface area contributed by atoms with E-state index in [1.165, 1.54) is 24.9 Å². The monoisotopic (exact) mass is 247 g/mol. The molecule has 0 radical (unpaired) electrons. The molecule has 2 rings (SSSR count). The highest BCUT2D eigenvalue weighted by molar-refractivity contribution is 5.51. The fourth-order valence-electron chi connectivity index (χ4n) is 2.17. The summed E-state index contributed by atoms with van der Waals surface area (Å²) in [5, 5.41) is 3.65. The largest absolute Gasteiger partial charge is 0.380 e. The molecular weight excluding hydrogens is 222 g/mol. The molecule has 1 aliphatic rings. The number of carbonyl (C=O) groups excluding carboxylic acids is 1. The summed E-state index contributed by atoms with van der Waals surface area (Å²) < 4.78 is 0. The van der Waals surface area contributed by atoms with Gasteiger partial charge in [0.25, 0.3) is 0 Å². The van der Waals surface area contributed by atoms with Gasteiger partial charge in [-0.3, -0.25) is 0 Å². The summed E-state index contributed by atoms with van der Waals surface area (Å²) in [6.07, 6.45) is 3.85. The van der Waals surface area contributed by atoms with Gasteiger partial charge in [-0.1, -0.05) is 19.9 Å². The van der Waals surface area contributed by atoms with E-state index in [4.69, 9.17) is 4.79 Å². The first kappa shape index (κ1) is 14.7. The summed E-state index contributed by atoms with van der Waals surface area (Å²) in [7, 11) is 0. The van der Waals surface area contributed by atoms with Crippen LogP contribution < -0.4 is 5.32 Å². The van der Waals surface area contributed by atoms with Crippen LogP contribution in [0.25, 0.3) is 0 Å². The maximum Gasteiger partial charge on any atom is 0.106 e. The number of hydrogen-bond donors (Lipinski definition) is 1. The van der Waals surface area contributed by atoms with Gasteiger partial charge in [0.1, 0.15) is 6.79 Å². The van der Waals surface area contributed by atoms with Crippen LogP contribution in [-0.2, 0) is 17.6 Å². The first-order valence-electron chi connectivity index (χ1n) is 6.68. The van der Waals surface area contributed by atoms with Crippen LogP contribution in [0.3, 0.4) is 0 Å². The zero-order chi connectivity index (χ0) is 13.8. The smallest absolute Gasteiger partial charge is 0.106 e. The lowest BCUT2D eigenvalue weighted by atomic mass is 9.90. The molecule has 0 spiro atoms. The third-order valence-corrected chi connectivity index (χ3v) is 4.01. The van der Waals surface area contributed by atoms with Gasteiger partial charge in [0.2, 0.25) is 0 Å². The molecule has 0 aromatic heterocycles.